The van der Waals surface area contributed by atoms with Crippen molar-refractivity contribution in [2.45, 2.75) is 33.7 Å². The molecule has 0 bridgehead atoms. The Labute approximate surface area is 123 Å². The summed E-state index contributed by atoms with van der Waals surface area (Å²) in [5.74, 6) is 0.665. The summed E-state index contributed by atoms with van der Waals surface area (Å²) in [4.78, 5) is 2.27. The minimum Gasteiger partial charge on any atom is -0.409 e. The molecule has 0 atom stereocenters. The van der Waals surface area contributed by atoms with E-state index in [2.05, 4.69) is 53.7 Å². The van der Waals surface area contributed by atoms with Crippen molar-refractivity contribution in [2.24, 2.45) is 16.8 Å². The van der Waals surface area contributed by atoms with Crippen molar-refractivity contribution in [1.29, 1.82) is 0 Å². The summed E-state index contributed by atoms with van der Waals surface area (Å²) in [5.41, 5.74) is 7.50. The van der Waals surface area contributed by atoms with E-state index in [1.807, 2.05) is 18.2 Å². The standard InChI is InChI=1S/C14H22BrN3O/c1-9(2)8-18(10(3)4)13-7-11(15)5-6-12(13)14(16)17-19/h5-7,9-10,19H,8H2,1-4H3,(H2,16,17). The predicted molar refractivity (Wildman–Crippen MR) is 84.0 cm³/mol. The molecule has 0 radical (unpaired) electrons. The van der Waals surface area contributed by atoms with Gasteiger partial charge in [0.2, 0.25) is 0 Å². The molecule has 0 aliphatic rings. The lowest BCUT2D eigenvalue weighted by Gasteiger charge is -2.32. The van der Waals surface area contributed by atoms with Gasteiger partial charge >= 0.3 is 0 Å². The summed E-state index contributed by atoms with van der Waals surface area (Å²) >= 11 is 3.48. The molecule has 1 rings (SSSR count). The van der Waals surface area contributed by atoms with Gasteiger partial charge in [0.05, 0.1) is 0 Å². The SMILES string of the molecule is CC(C)CN(c1cc(Br)ccc1/C(N)=N/O)C(C)C. The lowest BCUT2D eigenvalue weighted by atomic mass is 10.1. The van der Waals surface area contributed by atoms with Gasteiger partial charge in [-0.2, -0.15) is 0 Å². The number of amidine groups is 1. The Balaban J connectivity index is 3.31. The Morgan fingerprint density at radius 2 is 2.00 bits per heavy atom. The first-order valence-corrected chi connectivity index (χ1v) is 7.20. The second-order valence-electron chi connectivity index (χ2n) is 5.29. The van der Waals surface area contributed by atoms with Crippen LogP contribution in [0.3, 0.4) is 0 Å². The first-order chi connectivity index (χ1) is 8.86. The zero-order valence-electron chi connectivity index (χ0n) is 11.9. The highest BCUT2D eigenvalue weighted by molar-refractivity contribution is 9.10. The van der Waals surface area contributed by atoms with Crippen LogP contribution >= 0.6 is 15.9 Å². The van der Waals surface area contributed by atoms with E-state index in [-0.39, 0.29) is 5.84 Å². The second kappa shape index (κ2) is 6.80. The molecule has 4 nitrogen and oxygen atoms in total. The number of benzene rings is 1. The van der Waals surface area contributed by atoms with Crippen LogP contribution in [0.4, 0.5) is 5.69 Å². The van der Waals surface area contributed by atoms with Crippen molar-refractivity contribution in [2.75, 3.05) is 11.4 Å². The molecule has 19 heavy (non-hydrogen) atoms. The average molecular weight is 328 g/mol. The molecule has 0 unspecified atom stereocenters. The number of nitrogens with two attached hydrogens (primary N) is 1. The van der Waals surface area contributed by atoms with Crippen molar-refractivity contribution in [3.8, 4) is 0 Å². The van der Waals surface area contributed by atoms with Gasteiger partial charge in [-0.25, -0.2) is 0 Å². The molecule has 0 heterocycles. The fraction of sp³-hybridized carbons (Fsp3) is 0.500. The molecule has 0 aliphatic heterocycles. The highest BCUT2D eigenvalue weighted by Crippen LogP contribution is 2.27. The van der Waals surface area contributed by atoms with Gasteiger partial charge in [-0.3, -0.25) is 0 Å². The van der Waals surface area contributed by atoms with Gasteiger partial charge < -0.3 is 15.8 Å². The molecule has 0 aromatic heterocycles. The molecule has 0 amide bonds. The molecule has 1 aromatic carbocycles. The summed E-state index contributed by atoms with van der Waals surface area (Å²) in [7, 11) is 0. The highest BCUT2D eigenvalue weighted by atomic mass is 79.9. The quantitative estimate of drug-likeness (QED) is 0.377. The molecule has 106 valence electrons. The van der Waals surface area contributed by atoms with Gasteiger partial charge in [-0.1, -0.05) is 34.9 Å². The molecular weight excluding hydrogens is 306 g/mol. The van der Waals surface area contributed by atoms with Gasteiger partial charge in [-0.15, -0.1) is 0 Å². The Bertz CT molecular complexity index is 458. The predicted octanol–water partition coefficient (Wildman–Crippen LogP) is 3.41. The van der Waals surface area contributed by atoms with E-state index in [1.165, 1.54) is 0 Å². The van der Waals surface area contributed by atoms with E-state index >= 15 is 0 Å². The maximum Gasteiger partial charge on any atom is 0.172 e. The monoisotopic (exact) mass is 327 g/mol. The van der Waals surface area contributed by atoms with E-state index in [9.17, 15) is 0 Å². The number of halogens is 1. The third-order valence-corrected chi connectivity index (χ3v) is 3.33. The third kappa shape index (κ3) is 4.13. The number of oxime groups is 1. The summed E-state index contributed by atoms with van der Waals surface area (Å²) in [6.45, 7) is 9.55. The fourth-order valence-corrected chi connectivity index (χ4v) is 2.34. The molecule has 0 saturated heterocycles. The number of hydrogen-bond acceptors (Lipinski definition) is 3. The molecule has 0 fully saturated rings. The summed E-state index contributed by atoms with van der Waals surface area (Å²) in [5, 5.41) is 12.0. The summed E-state index contributed by atoms with van der Waals surface area (Å²) in [6, 6.07) is 6.10. The molecule has 5 heteroatoms. The van der Waals surface area contributed by atoms with Crippen LogP contribution in [0.5, 0.6) is 0 Å². The average Bonchev–Trinajstić information content (AvgIpc) is 2.34. The van der Waals surface area contributed by atoms with Crippen LogP contribution in [-0.4, -0.2) is 23.6 Å². The Hall–Kier alpha value is -1.23. The first kappa shape index (κ1) is 15.8. The minimum atomic E-state index is 0.136. The molecular formula is C14H22BrN3O. The van der Waals surface area contributed by atoms with Crippen molar-refractivity contribution in [3.05, 3.63) is 28.2 Å². The number of anilines is 1. The van der Waals surface area contributed by atoms with Crippen molar-refractivity contribution < 1.29 is 5.21 Å². The number of nitrogens with zero attached hydrogens (tertiary/aromatic N) is 2. The van der Waals surface area contributed by atoms with E-state index < -0.39 is 0 Å². The van der Waals surface area contributed by atoms with E-state index in [4.69, 9.17) is 10.9 Å². The van der Waals surface area contributed by atoms with Gasteiger partial charge in [0.1, 0.15) is 0 Å². The van der Waals surface area contributed by atoms with Crippen molar-refractivity contribution in [1.82, 2.24) is 0 Å². The van der Waals surface area contributed by atoms with Crippen molar-refractivity contribution >= 4 is 27.5 Å². The Morgan fingerprint density at radius 3 is 2.47 bits per heavy atom. The highest BCUT2D eigenvalue weighted by Gasteiger charge is 2.18. The minimum absolute atomic E-state index is 0.136. The van der Waals surface area contributed by atoms with Gasteiger partial charge in [0, 0.05) is 28.3 Å². The van der Waals surface area contributed by atoms with E-state index in [0.717, 1.165) is 22.3 Å². The van der Waals surface area contributed by atoms with Gasteiger partial charge in [0.25, 0.3) is 0 Å². The molecule has 1 aromatic rings. The Morgan fingerprint density at radius 1 is 1.37 bits per heavy atom. The molecule has 0 saturated carbocycles. The van der Waals surface area contributed by atoms with E-state index in [1.54, 1.807) is 0 Å². The van der Waals surface area contributed by atoms with Crippen LogP contribution in [0.25, 0.3) is 0 Å². The number of rotatable bonds is 5. The largest absolute Gasteiger partial charge is 0.409 e. The van der Waals surface area contributed by atoms with Crippen LogP contribution in [0.15, 0.2) is 27.8 Å². The Kier molecular flexibility index (Phi) is 5.66. The lowest BCUT2D eigenvalue weighted by molar-refractivity contribution is 0.318. The maximum atomic E-state index is 8.92. The summed E-state index contributed by atoms with van der Waals surface area (Å²) in [6.07, 6.45) is 0. The summed E-state index contributed by atoms with van der Waals surface area (Å²) < 4.78 is 0.978. The smallest absolute Gasteiger partial charge is 0.172 e. The molecule has 0 aliphatic carbocycles. The topological polar surface area (TPSA) is 61.8 Å². The van der Waals surface area contributed by atoms with E-state index in [0.29, 0.717) is 12.0 Å². The van der Waals surface area contributed by atoms with Crippen LogP contribution in [0.2, 0.25) is 0 Å². The van der Waals surface area contributed by atoms with Gasteiger partial charge in [0.15, 0.2) is 5.84 Å². The van der Waals surface area contributed by atoms with Crippen LogP contribution in [0.1, 0.15) is 33.3 Å². The number of hydrogen-bond donors (Lipinski definition) is 2. The zero-order valence-corrected chi connectivity index (χ0v) is 13.5. The third-order valence-electron chi connectivity index (χ3n) is 2.84. The molecule has 3 N–H and O–H groups in total. The second-order valence-corrected chi connectivity index (χ2v) is 6.20. The maximum absolute atomic E-state index is 8.92. The first-order valence-electron chi connectivity index (χ1n) is 6.40. The molecule has 0 spiro atoms. The van der Waals surface area contributed by atoms with Gasteiger partial charge in [-0.05, 0) is 38.0 Å². The van der Waals surface area contributed by atoms with Crippen molar-refractivity contribution in [3.63, 3.8) is 0 Å². The van der Waals surface area contributed by atoms with Crippen LogP contribution in [0, 0.1) is 5.92 Å². The van der Waals surface area contributed by atoms with Crippen LogP contribution in [-0.2, 0) is 0 Å². The lowest BCUT2D eigenvalue weighted by Crippen LogP contribution is -2.36. The fourth-order valence-electron chi connectivity index (χ4n) is 1.99. The normalized spacial score (nSPS) is 12.3. The zero-order chi connectivity index (χ0) is 14.6. The van der Waals surface area contributed by atoms with Crippen LogP contribution < -0.4 is 10.6 Å².